The van der Waals surface area contributed by atoms with Crippen molar-refractivity contribution in [1.29, 1.82) is 0 Å². The Balaban J connectivity index is 1.52. The Kier molecular flexibility index (Phi) is 5.19. The molecule has 3 aromatic rings. The second-order valence-corrected chi connectivity index (χ2v) is 7.37. The highest BCUT2D eigenvalue weighted by Gasteiger charge is 2.29. The van der Waals surface area contributed by atoms with Crippen LogP contribution in [-0.4, -0.2) is 23.5 Å². The van der Waals surface area contributed by atoms with Crippen LogP contribution in [0.5, 0.6) is 0 Å². The number of carbonyl (C=O) groups excluding carboxylic acids is 3. The normalized spacial score (nSPS) is 13.3. The second kappa shape index (κ2) is 7.95. The van der Waals surface area contributed by atoms with Crippen molar-refractivity contribution in [3.8, 4) is 0 Å². The number of amides is 1. The van der Waals surface area contributed by atoms with Crippen molar-refractivity contribution in [2.45, 2.75) is 26.3 Å². The summed E-state index contributed by atoms with van der Waals surface area (Å²) >= 11 is 0. The fraction of sp³-hybridized carbons (Fsp3) is 0.160. The van der Waals surface area contributed by atoms with Gasteiger partial charge in [-0.2, -0.15) is 0 Å². The zero-order valence-corrected chi connectivity index (χ0v) is 16.9. The molecule has 1 atom stereocenters. The average molecular weight is 398 g/mol. The highest BCUT2D eigenvalue weighted by atomic mass is 16.2. The number of anilines is 2. The van der Waals surface area contributed by atoms with Crippen molar-refractivity contribution in [1.82, 2.24) is 0 Å². The lowest BCUT2D eigenvalue weighted by Gasteiger charge is -2.19. The van der Waals surface area contributed by atoms with E-state index >= 15 is 0 Å². The summed E-state index contributed by atoms with van der Waals surface area (Å²) in [7, 11) is 0. The van der Waals surface area contributed by atoms with Gasteiger partial charge in [-0.3, -0.25) is 14.4 Å². The second-order valence-electron chi connectivity index (χ2n) is 7.37. The molecule has 150 valence electrons. The smallest absolute Gasteiger partial charge is 0.246 e. The van der Waals surface area contributed by atoms with Crippen LogP contribution in [0.15, 0.2) is 66.7 Å². The maximum absolute atomic E-state index is 12.8. The Morgan fingerprint density at radius 2 is 1.47 bits per heavy atom. The Hall–Kier alpha value is -3.73. The quantitative estimate of drug-likeness (QED) is 0.520. The molecule has 1 unspecified atom stereocenters. The number of carbonyl (C=O) groups is 3. The zero-order chi connectivity index (χ0) is 21.3. The molecule has 2 N–H and O–H groups in total. The number of rotatable bonds is 5. The molecule has 5 heteroatoms. The van der Waals surface area contributed by atoms with E-state index in [1.165, 1.54) is 5.56 Å². The van der Waals surface area contributed by atoms with Crippen LogP contribution in [0.25, 0.3) is 0 Å². The number of hydrogen-bond acceptors (Lipinski definition) is 4. The van der Waals surface area contributed by atoms with Crippen molar-refractivity contribution in [2.24, 2.45) is 0 Å². The van der Waals surface area contributed by atoms with E-state index in [0.717, 1.165) is 12.1 Å². The van der Waals surface area contributed by atoms with Crippen LogP contribution in [0.4, 0.5) is 11.4 Å². The number of aryl methyl sites for hydroxylation is 1. The fourth-order valence-electron chi connectivity index (χ4n) is 3.62. The summed E-state index contributed by atoms with van der Waals surface area (Å²) in [5, 5.41) is 6.03. The van der Waals surface area contributed by atoms with Gasteiger partial charge in [0.15, 0.2) is 11.6 Å². The molecule has 0 heterocycles. The van der Waals surface area contributed by atoms with Gasteiger partial charge in [-0.15, -0.1) is 0 Å². The Morgan fingerprint density at radius 1 is 0.800 bits per heavy atom. The summed E-state index contributed by atoms with van der Waals surface area (Å²) in [4.78, 5) is 38.2. The lowest BCUT2D eigenvalue weighted by molar-refractivity contribution is -0.116. The highest BCUT2D eigenvalue weighted by Crippen LogP contribution is 2.29. The molecular weight excluding hydrogens is 376 g/mol. The Morgan fingerprint density at radius 3 is 2.17 bits per heavy atom. The van der Waals surface area contributed by atoms with Gasteiger partial charge in [0.05, 0.1) is 0 Å². The maximum atomic E-state index is 12.8. The first-order valence-corrected chi connectivity index (χ1v) is 9.96. The number of ketones is 2. The first-order valence-electron chi connectivity index (χ1n) is 9.96. The van der Waals surface area contributed by atoms with Crippen LogP contribution in [-0.2, 0) is 11.2 Å². The summed E-state index contributed by atoms with van der Waals surface area (Å²) < 4.78 is 0. The molecule has 0 aromatic heterocycles. The molecule has 0 saturated heterocycles. The first kappa shape index (κ1) is 19.6. The van der Waals surface area contributed by atoms with Gasteiger partial charge in [0.1, 0.15) is 6.04 Å². The average Bonchev–Trinajstić information content (AvgIpc) is 2.77. The molecule has 0 aliphatic heterocycles. The van der Waals surface area contributed by atoms with Gasteiger partial charge in [-0.25, -0.2) is 0 Å². The van der Waals surface area contributed by atoms with Gasteiger partial charge in [-0.05, 0) is 49.2 Å². The van der Waals surface area contributed by atoms with Crippen LogP contribution in [0.3, 0.4) is 0 Å². The van der Waals surface area contributed by atoms with Crippen molar-refractivity contribution in [3.63, 3.8) is 0 Å². The fourth-order valence-corrected chi connectivity index (χ4v) is 3.62. The molecule has 1 aliphatic carbocycles. The minimum atomic E-state index is -0.480. The Labute approximate surface area is 175 Å². The largest absolute Gasteiger partial charge is 0.374 e. The predicted octanol–water partition coefficient (Wildman–Crippen LogP) is 4.46. The van der Waals surface area contributed by atoms with E-state index in [1.807, 2.05) is 24.3 Å². The maximum Gasteiger partial charge on any atom is 0.246 e. The van der Waals surface area contributed by atoms with Gasteiger partial charge >= 0.3 is 0 Å². The summed E-state index contributed by atoms with van der Waals surface area (Å²) in [6.45, 7) is 3.85. The van der Waals surface area contributed by atoms with E-state index in [1.54, 1.807) is 49.4 Å². The van der Waals surface area contributed by atoms with E-state index in [4.69, 9.17) is 0 Å². The monoisotopic (exact) mass is 398 g/mol. The number of hydrogen-bond donors (Lipinski definition) is 2. The van der Waals surface area contributed by atoms with Gasteiger partial charge in [0, 0.05) is 33.6 Å². The van der Waals surface area contributed by atoms with Gasteiger partial charge < -0.3 is 10.6 Å². The van der Waals surface area contributed by atoms with E-state index in [-0.39, 0.29) is 17.5 Å². The lowest BCUT2D eigenvalue weighted by Crippen LogP contribution is -2.32. The Bertz CT molecular complexity index is 1170. The molecule has 0 spiro atoms. The minimum Gasteiger partial charge on any atom is -0.374 e. The van der Waals surface area contributed by atoms with Crippen molar-refractivity contribution in [3.05, 3.63) is 94.5 Å². The number of fused-ring (bicyclic) bond motifs is 2. The van der Waals surface area contributed by atoms with Crippen LogP contribution in [0, 0.1) is 0 Å². The van der Waals surface area contributed by atoms with Crippen LogP contribution >= 0.6 is 0 Å². The minimum absolute atomic E-state index is 0.177. The predicted molar refractivity (Wildman–Crippen MR) is 117 cm³/mol. The summed E-state index contributed by atoms with van der Waals surface area (Å²) in [6, 6.07) is 19.1. The summed E-state index contributed by atoms with van der Waals surface area (Å²) in [5.41, 5.74) is 4.02. The third-order valence-electron chi connectivity index (χ3n) is 5.30. The zero-order valence-electron chi connectivity index (χ0n) is 16.9. The van der Waals surface area contributed by atoms with E-state index < -0.39 is 6.04 Å². The van der Waals surface area contributed by atoms with Gasteiger partial charge in [0.25, 0.3) is 0 Å². The molecule has 3 aromatic carbocycles. The molecule has 0 radical (unpaired) electrons. The molecule has 1 amide bonds. The van der Waals surface area contributed by atoms with Crippen molar-refractivity contribution in [2.75, 3.05) is 10.6 Å². The molecule has 30 heavy (non-hydrogen) atoms. The standard InChI is InChI=1S/C25H22N2O3/c1-3-16-7-6-8-17(13-16)26-15(2)25(30)27-18-11-12-21-22(14-18)24(29)20-10-5-4-9-19(20)23(21)28/h4-15,26H,3H2,1-2H3,(H,27,30). The lowest BCUT2D eigenvalue weighted by atomic mass is 9.84. The number of benzene rings is 3. The molecule has 5 nitrogen and oxygen atoms in total. The molecule has 0 fully saturated rings. The van der Waals surface area contributed by atoms with Crippen molar-refractivity contribution < 1.29 is 14.4 Å². The first-order chi connectivity index (χ1) is 14.5. The van der Waals surface area contributed by atoms with E-state index in [2.05, 4.69) is 17.6 Å². The third kappa shape index (κ3) is 3.62. The van der Waals surface area contributed by atoms with Crippen molar-refractivity contribution >= 4 is 28.8 Å². The summed E-state index contributed by atoms with van der Waals surface area (Å²) in [6.07, 6.45) is 0.918. The number of nitrogens with one attached hydrogen (secondary N) is 2. The molecule has 0 saturated carbocycles. The van der Waals surface area contributed by atoms with Gasteiger partial charge in [-0.1, -0.05) is 43.3 Å². The van der Waals surface area contributed by atoms with E-state index in [0.29, 0.717) is 27.9 Å². The molecule has 4 rings (SSSR count). The van der Waals surface area contributed by atoms with Crippen LogP contribution < -0.4 is 10.6 Å². The molecule has 1 aliphatic rings. The van der Waals surface area contributed by atoms with Gasteiger partial charge in [0.2, 0.25) is 5.91 Å². The van der Waals surface area contributed by atoms with E-state index in [9.17, 15) is 14.4 Å². The molecule has 0 bridgehead atoms. The highest BCUT2D eigenvalue weighted by molar-refractivity contribution is 6.28. The topological polar surface area (TPSA) is 75.3 Å². The van der Waals surface area contributed by atoms with Crippen LogP contribution in [0.2, 0.25) is 0 Å². The summed E-state index contributed by atoms with van der Waals surface area (Å²) in [5.74, 6) is -0.616. The van der Waals surface area contributed by atoms with Crippen LogP contribution in [0.1, 0.15) is 51.3 Å². The molecular formula is C25H22N2O3. The SMILES string of the molecule is CCc1cccc(NC(C)C(=O)Nc2ccc3c(c2)C(=O)c2ccccc2C3=O)c1. The third-order valence-corrected chi connectivity index (χ3v) is 5.30.